The van der Waals surface area contributed by atoms with Crippen LogP contribution in [-0.2, 0) is 30.4 Å². The highest BCUT2D eigenvalue weighted by Crippen LogP contribution is 2.19. The van der Waals surface area contributed by atoms with E-state index in [1.165, 1.54) is 0 Å². The fraction of sp³-hybridized carbons (Fsp3) is 0.381. The van der Waals surface area contributed by atoms with E-state index in [0.29, 0.717) is 5.56 Å². The van der Waals surface area contributed by atoms with Crippen LogP contribution in [0.15, 0.2) is 30.5 Å². The van der Waals surface area contributed by atoms with Crippen molar-refractivity contribution in [1.29, 1.82) is 0 Å². The first-order chi connectivity index (χ1) is 16.1. The molecule has 0 aliphatic rings. The van der Waals surface area contributed by atoms with Crippen LogP contribution in [0.2, 0.25) is 0 Å². The molecule has 0 saturated carbocycles. The first-order valence-corrected chi connectivity index (χ1v) is 11.0. The van der Waals surface area contributed by atoms with Crippen LogP contribution in [0.25, 0.3) is 10.9 Å². The number of rotatable bonds is 13. The van der Waals surface area contributed by atoms with Gasteiger partial charge in [-0.2, -0.15) is 12.6 Å². The Labute approximate surface area is 200 Å². The Morgan fingerprint density at radius 2 is 1.65 bits per heavy atom. The molecule has 3 amide bonds. The average Bonchev–Trinajstić information content (AvgIpc) is 3.21. The molecule has 34 heavy (non-hydrogen) atoms. The number of hydrogen-bond donors (Lipinski definition) is 8. The van der Waals surface area contributed by atoms with Crippen molar-refractivity contribution >= 4 is 53.2 Å². The maximum atomic E-state index is 13.0. The van der Waals surface area contributed by atoms with E-state index in [-0.39, 0.29) is 25.0 Å². The van der Waals surface area contributed by atoms with Crippen molar-refractivity contribution in [2.45, 2.75) is 37.4 Å². The minimum absolute atomic E-state index is 0.0449. The predicted octanol–water partition coefficient (Wildman–Crippen LogP) is -0.997. The quantitative estimate of drug-likeness (QED) is 0.162. The van der Waals surface area contributed by atoms with Gasteiger partial charge in [-0.05, 0) is 18.1 Å². The van der Waals surface area contributed by atoms with Crippen LogP contribution in [0, 0.1) is 0 Å². The van der Waals surface area contributed by atoms with E-state index in [0.717, 1.165) is 10.9 Å². The first-order valence-electron chi connectivity index (χ1n) is 10.4. The molecule has 0 fully saturated rings. The van der Waals surface area contributed by atoms with Crippen LogP contribution in [0.5, 0.6) is 0 Å². The van der Waals surface area contributed by atoms with E-state index in [2.05, 4.69) is 33.6 Å². The molecule has 0 bridgehead atoms. The monoisotopic (exact) mass is 493 g/mol. The Bertz CT molecular complexity index is 1060. The summed E-state index contributed by atoms with van der Waals surface area (Å²) in [5.74, 6) is -4.67. The van der Waals surface area contributed by atoms with E-state index in [9.17, 15) is 24.0 Å². The number of carbonyl (C=O) groups is 5. The highest BCUT2D eigenvalue weighted by molar-refractivity contribution is 7.80. The Hall–Kier alpha value is -3.58. The molecule has 0 saturated heterocycles. The molecule has 13 heteroatoms. The van der Waals surface area contributed by atoms with Crippen LogP contribution in [0.1, 0.15) is 18.4 Å². The lowest BCUT2D eigenvalue weighted by Crippen LogP contribution is -2.57. The van der Waals surface area contributed by atoms with Gasteiger partial charge >= 0.3 is 11.9 Å². The van der Waals surface area contributed by atoms with E-state index in [4.69, 9.17) is 15.9 Å². The largest absolute Gasteiger partial charge is 0.481 e. The Morgan fingerprint density at radius 3 is 2.29 bits per heavy atom. The zero-order valence-corrected chi connectivity index (χ0v) is 19.0. The number of carboxylic acid groups (broad SMARTS) is 2. The highest BCUT2D eigenvalue weighted by atomic mass is 32.1. The number of aliphatic carboxylic acids is 2. The fourth-order valence-electron chi connectivity index (χ4n) is 3.17. The van der Waals surface area contributed by atoms with Gasteiger partial charge in [0.05, 0.1) is 6.04 Å². The molecular weight excluding hydrogens is 466 g/mol. The summed E-state index contributed by atoms with van der Waals surface area (Å²) < 4.78 is 0. The molecule has 2 rings (SSSR count). The third-order valence-corrected chi connectivity index (χ3v) is 5.33. The van der Waals surface area contributed by atoms with Crippen LogP contribution in [-0.4, -0.2) is 75.3 Å². The lowest BCUT2D eigenvalue weighted by atomic mass is 10.0. The number of thiol groups is 1. The molecule has 8 N–H and O–H groups in total. The molecule has 3 atom stereocenters. The number of fused-ring (bicyclic) bond motifs is 1. The van der Waals surface area contributed by atoms with Gasteiger partial charge in [-0.15, -0.1) is 0 Å². The summed E-state index contributed by atoms with van der Waals surface area (Å²) in [7, 11) is 0. The zero-order valence-electron chi connectivity index (χ0n) is 18.1. The van der Waals surface area contributed by atoms with Crippen molar-refractivity contribution < 1.29 is 34.2 Å². The number of nitrogens with two attached hydrogens (primary N) is 1. The van der Waals surface area contributed by atoms with Gasteiger partial charge in [-0.3, -0.25) is 24.0 Å². The Kier molecular flexibility index (Phi) is 9.89. The summed E-state index contributed by atoms with van der Waals surface area (Å²) in [6, 6.07) is 3.87. The third kappa shape index (κ3) is 7.78. The van der Waals surface area contributed by atoms with Crippen molar-refractivity contribution in [3.05, 3.63) is 36.0 Å². The molecular formula is C21H27N5O7S. The van der Waals surface area contributed by atoms with Crippen molar-refractivity contribution in [1.82, 2.24) is 20.9 Å². The van der Waals surface area contributed by atoms with E-state index < -0.39 is 54.3 Å². The fourth-order valence-corrected chi connectivity index (χ4v) is 3.43. The summed E-state index contributed by atoms with van der Waals surface area (Å²) in [4.78, 5) is 62.3. The maximum absolute atomic E-state index is 13.0. The van der Waals surface area contributed by atoms with Crippen LogP contribution < -0.4 is 21.7 Å². The van der Waals surface area contributed by atoms with Gasteiger partial charge in [0.15, 0.2) is 0 Å². The first kappa shape index (κ1) is 26.7. The molecule has 2 aromatic rings. The smallest absolute Gasteiger partial charge is 0.322 e. The van der Waals surface area contributed by atoms with Gasteiger partial charge in [0.2, 0.25) is 17.7 Å². The third-order valence-electron chi connectivity index (χ3n) is 4.97. The summed E-state index contributed by atoms with van der Waals surface area (Å²) in [6.07, 6.45) is 1.29. The second-order valence-electron chi connectivity index (χ2n) is 7.52. The van der Waals surface area contributed by atoms with Crippen molar-refractivity contribution in [3.8, 4) is 0 Å². The average molecular weight is 494 g/mol. The second kappa shape index (κ2) is 12.6. The SMILES string of the molecule is NC(CCC(=O)O)C(=O)NC(Cc1c[nH]c2ccccc12)C(=O)NC(CS)C(=O)NCC(=O)O. The Balaban J connectivity index is 2.20. The number of carboxylic acids is 2. The number of benzene rings is 1. The second-order valence-corrected chi connectivity index (χ2v) is 7.88. The number of carbonyl (C=O) groups excluding carboxylic acids is 3. The van der Waals surface area contributed by atoms with Crippen molar-refractivity contribution in [3.63, 3.8) is 0 Å². The molecule has 1 aromatic carbocycles. The minimum atomic E-state index is -1.25. The normalized spacial score (nSPS) is 13.5. The number of amides is 3. The Morgan fingerprint density at radius 1 is 0.971 bits per heavy atom. The molecule has 0 radical (unpaired) electrons. The predicted molar refractivity (Wildman–Crippen MR) is 125 cm³/mol. The summed E-state index contributed by atoms with van der Waals surface area (Å²) >= 11 is 4.04. The lowest BCUT2D eigenvalue weighted by Gasteiger charge is -2.23. The van der Waals surface area contributed by atoms with Crippen LogP contribution in [0.4, 0.5) is 0 Å². The molecule has 184 valence electrons. The van der Waals surface area contributed by atoms with Gasteiger partial charge in [0.1, 0.15) is 18.6 Å². The van der Waals surface area contributed by atoms with Gasteiger partial charge in [-0.1, -0.05) is 18.2 Å². The molecule has 1 heterocycles. The van der Waals surface area contributed by atoms with Gasteiger partial charge in [0.25, 0.3) is 0 Å². The summed E-state index contributed by atoms with van der Waals surface area (Å²) in [5, 5.41) is 25.5. The number of H-pyrrole nitrogens is 1. The van der Waals surface area contributed by atoms with Crippen molar-refractivity contribution in [2.24, 2.45) is 5.73 Å². The summed E-state index contributed by atoms with van der Waals surface area (Å²) in [5.41, 5.74) is 7.31. The van der Waals surface area contributed by atoms with E-state index >= 15 is 0 Å². The minimum Gasteiger partial charge on any atom is -0.481 e. The summed E-state index contributed by atoms with van der Waals surface area (Å²) in [6.45, 7) is -0.632. The van der Waals surface area contributed by atoms with E-state index in [1.807, 2.05) is 24.3 Å². The number of aromatic nitrogens is 1. The molecule has 1 aromatic heterocycles. The van der Waals surface area contributed by atoms with Gasteiger partial charge in [0, 0.05) is 35.7 Å². The number of aromatic amines is 1. The lowest BCUT2D eigenvalue weighted by molar-refractivity contribution is -0.139. The van der Waals surface area contributed by atoms with Crippen LogP contribution in [0.3, 0.4) is 0 Å². The molecule has 0 spiro atoms. The molecule has 3 unspecified atom stereocenters. The number of nitrogens with one attached hydrogen (secondary N) is 4. The number of hydrogen-bond acceptors (Lipinski definition) is 7. The maximum Gasteiger partial charge on any atom is 0.322 e. The topological polar surface area (TPSA) is 204 Å². The number of para-hydroxylation sites is 1. The molecule has 12 nitrogen and oxygen atoms in total. The standard InChI is InChI=1S/C21H27N5O7S/c22-13(5-6-17(27)28)19(31)25-15(7-11-8-23-14-4-2-1-3-12(11)14)21(33)26-16(10-34)20(32)24-9-18(29)30/h1-4,8,13,15-16,23,34H,5-7,9-10,22H2,(H,24,32)(H,25,31)(H,26,33)(H,27,28)(H,29,30). The molecule has 0 aliphatic carbocycles. The van der Waals surface area contributed by atoms with E-state index in [1.54, 1.807) is 6.20 Å². The van der Waals surface area contributed by atoms with Crippen LogP contribution >= 0.6 is 12.6 Å². The highest BCUT2D eigenvalue weighted by Gasteiger charge is 2.28. The molecule has 0 aliphatic heterocycles. The van der Waals surface area contributed by atoms with Gasteiger partial charge < -0.3 is 36.9 Å². The zero-order chi connectivity index (χ0) is 25.3. The van der Waals surface area contributed by atoms with Crippen molar-refractivity contribution in [2.75, 3.05) is 12.3 Å². The van der Waals surface area contributed by atoms with Gasteiger partial charge in [-0.25, -0.2) is 0 Å².